The van der Waals surface area contributed by atoms with Crippen LogP contribution in [0.2, 0.25) is 0 Å². The number of aliphatic carboxylic acids is 1. The number of hydrogen-bond acceptors (Lipinski definition) is 4. The van der Waals surface area contributed by atoms with E-state index in [4.69, 9.17) is 0 Å². The van der Waals surface area contributed by atoms with Gasteiger partial charge in [0.05, 0.1) is 11.5 Å². The highest BCUT2D eigenvalue weighted by molar-refractivity contribution is 7.91. The zero-order valence-electron chi connectivity index (χ0n) is 9.82. The van der Waals surface area contributed by atoms with Crippen LogP contribution in [0.5, 0.6) is 0 Å². The average molecular weight is 269 g/mol. The van der Waals surface area contributed by atoms with Gasteiger partial charge in [0.25, 0.3) is 0 Å². The highest BCUT2D eigenvalue weighted by atomic mass is 32.2. The number of nitrogens with zero attached hydrogens (tertiary/aromatic N) is 1. The SMILES string of the molecule is O=C(O)[C@@H](c1ccccc1)N1CCS(=O)(=O)CC1. The minimum absolute atomic E-state index is 0.0314. The van der Waals surface area contributed by atoms with Crippen LogP contribution in [0.3, 0.4) is 0 Å². The molecule has 0 aromatic heterocycles. The van der Waals surface area contributed by atoms with Crippen molar-refractivity contribution in [3.05, 3.63) is 35.9 Å². The highest BCUT2D eigenvalue weighted by Gasteiger charge is 2.32. The van der Waals surface area contributed by atoms with Gasteiger partial charge < -0.3 is 5.11 Å². The molecule has 1 saturated heterocycles. The molecule has 0 bridgehead atoms. The van der Waals surface area contributed by atoms with Gasteiger partial charge >= 0.3 is 5.97 Å². The summed E-state index contributed by atoms with van der Waals surface area (Å²) in [6.07, 6.45) is 0. The zero-order valence-corrected chi connectivity index (χ0v) is 10.6. The average Bonchev–Trinajstić information content (AvgIpc) is 2.33. The van der Waals surface area contributed by atoms with Gasteiger partial charge in [0, 0.05) is 13.1 Å². The van der Waals surface area contributed by atoms with Crippen LogP contribution in [0.1, 0.15) is 11.6 Å². The molecule has 1 heterocycles. The Hall–Kier alpha value is -1.40. The molecule has 0 amide bonds. The third-order valence-electron chi connectivity index (χ3n) is 3.09. The zero-order chi connectivity index (χ0) is 13.2. The summed E-state index contributed by atoms with van der Waals surface area (Å²) in [6.45, 7) is 0.544. The Morgan fingerprint density at radius 2 is 1.72 bits per heavy atom. The summed E-state index contributed by atoms with van der Waals surface area (Å²) >= 11 is 0. The molecule has 0 saturated carbocycles. The molecular formula is C12H15NO4S. The first-order valence-electron chi connectivity index (χ1n) is 5.72. The number of rotatable bonds is 3. The molecule has 18 heavy (non-hydrogen) atoms. The van der Waals surface area contributed by atoms with Crippen molar-refractivity contribution in [3.8, 4) is 0 Å². The fraction of sp³-hybridized carbons (Fsp3) is 0.417. The van der Waals surface area contributed by atoms with E-state index in [1.807, 2.05) is 6.07 Å². The lowest BCUT2D eigenvalue weighted by atomic mass is 10.1. The lowest BCUT2D eigenvalue weighted by Gasteiger charge is -2.31. The lowest BCUT2D eigenvalue weighted by molar-refractivity contribution is -0.143. The van der Waals surface area contributed by atoms with Crippen molar-refractivity contribution in [2.24, 2.45) is 0 Å². The van der Waals surface area contributed by atoms with E-state index >= 15 is 0 Å². The molecule has 0 aliphatic carbocycles. The summed E-state index contributed by atoms with van der Waals surface area (Å²) in [4.78, 5) is 13.1. The van der Waals surface area contributed by atoms with Crippen LogP contribution in [0, 0.1) is 0 Å². The minimum Gasteiger partial charge on any atom is -0.480 e. The molecule has 0 radical (unpaired) electrons. The largest absolute Gasteiger partial charge is 0.480 e. The topological polar surface area (TPSA) is 74.7 Å². The van der Waals surface area contributed by atoms with Gasteiger partial charge in [-0.2, -0.15) is 0 Å². The Balaban J connectivity index is 2.20. The Kier molecular flexibility index (Phi) is 3.68. The minimum atomic E-state index is -2.99. The maximum absolute atomic E-state index is 11.4. The van der Waals surface area contributed by atoms with E-state index in [1.54, 1.807) is 29.2 Å². The van der Waals surface area contributed by atoms with Crippen molar-refractivity contribution in [1.29, 1.82) is 0 Å². The number of carboxylic acid groups (broad SMARTS) is 1. The number of carboxylic acids is 1. The second-order valence-corrected chi connectivity index (χ2v) is 6.64. The third-order valence-corrected chi connectivity index (χ3v) is 4.70. The number of hydrogen-bond donors (Lipinski definition) is 1. The van der Waals surface area contributed by atoms with E-state index < -0.39 is 21.8 Å². The predicted octanol–water partition coefficient (Wildman–Crippen LogP) is 0.543. The molecule has 1 aliphatic heterocycles. The van der Waals surface area contributed by atoms with E-state index in [1.165, 1.54) is 0 Å². The fourth-order valence-electron chi connectivity index (χ4n) is 2.13. The van der Waals surface area contributed by atoms with Crippen molar-refractivity contribution >= 4 is 15.8 Å². The molecule has 1 fully saturated rings. The van der Waals surface area contributed by atoms with Crippen LogP contribution in [-0.4, -0.2) is 49.0 Å². The van der Waals surface area contributed by atoms with Gasteiger partial charge in [0.2, 0.25) is 0 Å². The molecule has 1 N–H and O–H groups in total. The second-order valence-electron chi connectivity index (χ2n) is 4.34. The van der Waals surface area contributed by atoms with E-state index in [2.05, 4.69) is 0 Å². The summed E-state index contributed by atoms with van der Waals surface area (Å²) in [5.41, 5.74) is 0.685. The van der Waals surface area contributed by atoms with Crippen molar-refractivity contribution in [1.82, 2.24) is 4.90 Å². The molecule has 1 atom stereocenters. The number of benzene rings is 1. The fourth-order valence-corrected chi connectivity index (χ4v) is 3.36. The summed E-state index contributed by atoms with van der Waals surface area (Å²) < 4.78 is 22.7. The van der Waals surface area contributed by atoms with Crippen LogP contribution >= 0.6 is 0 Å². The van der Waals surface area contributed by atoms with Crippen LogP contribution in [-0.2, 0) is 14.6 Å². The summed E-state index contributed by atoms with van der Waals surface area (Å²) in [6, 6.07) is 8.13. The Morgan fingerprint density at radius 3 is 2.22 bits per heavy atom. The summed E-state index contributed by atoms with van der Waals surface area (Å²) in [5, 5.41) is 9.32. The molecule has 98 valence electrons. The van der Waals surface area contributed by atoms with E-state index in [-0.39, 0.29) is 24.6 Å². The summed E-state index contributed by atoms with van der Waals surface area (Å²) in [5.74, 6) is -0.881. The second kappa shape index (κ2) is 5.07. The molecule has 6 heteroatoms. The monoisotopic (exact) mass is 269 g/mol. The van der Waals surface area contributed by atoms with Crippen LogP contribution < -0.4 is 0 Å². The first-order valence-corrected chi connectivity index (χ1v) is 7.54. The molecule has 2 rings (SSSR count). The van der Waals surface area contributed by atoms with Gasteiger partial charge in [-0.25, -0.2) is 8.42 Å². The molecule has 0 spiro atoms. The quantitative estimate of drug-likeness (QED) is 0.867. The molecule has 0 unspecified atom stereocenters. The predicted molar refractivity (Wildman–Crippen MR) is 67.0 cm³/mol. The Labute approximate surface area is 106 Å². The summed E-state index contributed by atoms with van der Waals surface area (Å²) in [7, 11) is -2.99. The molecule has 1 aliphatic rings. The van der Waals surface area contributed by atoms with Crippen molar-refractivity contribution < 1.29 is 18.3 Å². The first-order chi connectivity index (χ1) is 8.49. The first kappa shape index (κ1) is 13.0. The van der Waals surface area contributed by atoms with Gasteiger partial charge in [-0.3, -0.25) is 9.69 Å². The molecule has 5 nitrogen and oxygen atoms in total. The van der Waals surface area contributed by atoms with Crippen molar-refractivity contribution in [2.45, 2.75) is 6.04 Å². The standard InChI is InChI=1S/C12H15NO4S/c14-12(15)11(10-4-2-1-3-5-10)13-6-8-18(16,17)9-7-13/h1-5,11H,6-9H2,(H,14,15)/t11-/m1/s1. The Bertz CT molecular complexity index is 512. The molecule has 1 aromatic rings. The van der Waals surface area contributed by atoms with Gasteiger partial charge in [-0.05, 0) is 5.56 Å². The number of carbonyl (C=O) groups is 1. The Morgan fingerprint density at radius 1 is 1.17 bits per heavy atom. The van der Waals surface area contributed by atoms with E-state index in [0.29, 0.717) is 5.56 Å². The van der Waals surface area contributed by atoms with Gasteiger partial charge in [-0.1, -0.05) is 30.3 Å². The lowest BCUT2D eigenvalue weighted by Crippen LogP contribution is -2.44. The van der Waals surface area contributed by atoms with Crippen LogP contribution in [0.4, 0.5) is 0 Å². The smallest absolute Gasteiger partial charge is 0.325 e. The van der Waals surface area contributed by atoms with Crippen LogP contribution in [0.25, 0.3) is 0 Å². The van der Waals surface area contributed by atoms with Gasteiger partial charge in [0.15, 0.2) is 9.84 Å². The van der Waals surface area contributed by atoms with Crippen LogP contribution in [0.15, 0.2) is 30.3 Å². The van der Waals surface area contributed by atoms with Crippen molar-refractivity contribution in [2.75, 3.05) is 24.6 Å². The number of sulfone groups is 1. The molecule has 1 aromatic carbocycles. The van der Waals surface area contributed by atoms with Gasteiger partial charge in [-0.15, -0.1) is 0 Å². The normalized spacial score (nSPS) is 21.3. The molecular weight excluding hydrogens is 254 g/mol. The van der Waals surface area contributed by atoms with Gasteiger partial charge in [0.1, 0.15) is 6.04 Å². The van der Waals surface area contributed by atoms with E-state index in [9.17, 15) is 18.3 Å². The maximum Gasteiger partial charge on any atom is 0.325 e. The highest BCUT2D eigenvalue weighted by Crippen LogP contribution is 2.22. The third kappa shape index (κ3) is 2.88. The van der Waals surface area contributed by atoms with E-state index in [0.717, 1.165) is 0 Å². The maximum atomic E-state index is 11.4. The van der Waals surface area contributed by atoms with Crippen molar-refractivity contribution in [3.63, 3.8) is 0 Å².